The molecule has 160 valence electrons. The van der Waals surface area contributed by atoms with E-state index in [2.05, 4.69) is 41.4 Å². The highest BCUT2D eigenvalue weighted by Crippen LogP contribution is 2.18. The average molecular weight is 410 g/mol. The molecule has 6 heteroatoms. The van der Waals surface area contributed by atoms with E-state index in [1.54, 1.807) is 24.3 Å². The molecule has 0 spiro atoms. The maximum atomic E-state index is 12.1. The van der Waals surface area contributed by atoms with Crippen LogP contribution in [-0.4, -0.2) is 36.4 Å². The number of piperidine rings is 1. The number of nitrogens with one attached hydrogen (secondary N) is 1. The lowest BCUT2D eigenvalue weighted by Crippen LogP contribution is -2.32. The fourth-order valence-corrected chi connectivity index (χ4v) is 3.55. The van der Waals surface area contributed by atoms with Crippen molar-refractivity contribution < 1.29 is 14.3 Å². The Labute approximate surface area is 178 Å². The molecular formula is C24H31N3O3. The molecule has 2 aromatic carbocycles. The fraction of sp³-hybridized carbons (Fsp3) is 0.417. The van der Waals surface area contributed by atoms with Crippen molar-refractivity contribution >= 4 is 11.8 Å². The SMILES string of the molecule is CC1CCN(Cc2ccc(CNC(=O)COc3ccc(CC(N)=O)cc3)cc2)CC1. The largest absolute Gasteiger partial charge is 0.484 e. The Morgan fingerprint density at radius 3 is 2.23 bits per heavy atom. The van der Waals surface area contributed by atoms with E-state index in [0.29, 0.717) is 12.3 Å². The first-order valence-corrected chi connectivity index (χ1v) is 10.5. The van der Waals surface area contributed by atoms with Crippen LogP contribution in [0.1, 0.15) is 36.5 Å². The molecule has 0 radical (unpaired) electrons. The van der Waals surface area contributed by atoms with Crippen molar-refractivity contribution in [2.24, 2.45) is 11.7 Å². The van der Waals surface area contributed by atoms with Crippen molar-refractivity contribution in [1.29, 1.82) is 0 Å². The minimum atomic E-state index is -0.378. The van der Waals surface area contributed by atoms with Crippen LogP contribution in [0.2, 0.25) is 0 Å². The highest BCUT2D eigenvalue weighted by Gasteiger charge is 2.15. The monoisotopic (exact) mass is 409 g/mol. The van der Waals surface area contributed by atoms with Crippen LogP contribution in [0.25, 0.3) is 0 Å². The standard InChI is InChI=1S/C24H31N3O3/c1-18-10-12-27(13-11-18)16-21-4-2-20(3-5-21)15-26-24(29)17-30-22-8-6-19(7-9-22)14-23(25)28/h2-9,18H,10-17H2,1H3,(H2,25,28)(H,26,29). The molecule has 0 unspecified atom stereocenters. The summed E-state index contributed by atoms with van der Waals surface area (Å²) in [5.41, 5.74) is 8.36. The maximum absolute atomic E-state index is 12.1. The smallest absolute Gasteiger partial charge is 0.258 e. The molecule has 1 heterocycles. The molecule has 3 N–H and O–H groups in total. The zero-order chi connectivity index (χ0) is 21.3. The van der Waals surface area contributed by atoms with Gasteiger partial charge in [-0.3, -0.25) is 14.5 Å². The number of nitrogens with two attached hydrogens (primary N) is 1. The van der Waals surface area contributed by atoms with Crippen molar-refractivity contribution in [3.05, 3.63) is 65.2 Å². The maximum Gasteiger partial charge on any atom is 0.258 e. The zero-order valence-corrected chi connectivity index (χ0v) is 17.6. The molecule has 0 bridgehead atoms. The van der Waals surface area contributed by atoms with Crippen LogP contribution in [-0.2, 0) is 29.1 Å². The lowest BCUT2D eigenvalue weighted by atomic mass is 9.99. The number of ether oxygens (including phenoxy) is 1. The third-order valence-electron chi connectivity index (χ3n) is 5.47. The number of hydrogen-bond donors (Lipinski definition) is 2. The zero-order valence-electron chi connectivity index (χ0n) is 17.6. The number of likely N-dealkylation sites (tertiary alicyclic amines) is 1. The van der Waals surface area contributed by atoms with Crippen LogP contribution in [0.15, 0.2) is 48.5 Å². The minimum absolute atomic E-state index is 0.0549. The number of benzene rings is 2. The quantitative estimate of drug-likeness (QED) is 0.667. The summed E-state index contributed by atoms with van der Waals surface area (Å²) in [5.74, 6) is 0.868. The van der Waals surface area contributed by atoms with Gasteiger partial charge < -0.3 is 15.8 Å². The Bertz CT molecular complexity index is 826. The fourth-order valence-electron chi connectivity index (χ4n) is 3.55. The second kappa shape index (κ2) is 10.8. The molecule has 6 nitrogen and oxygen atoms in total. The first-order chi connectivity index (χ1) is 14.5. The van der Waals surface area contributed by atoms with Crippen LogP contribution in [0.3, 0.4) is 0 Å². The number of carbonyl (C=O) groups excluding carboxylic acids is 2. The van der Waals surface area contributed by atoms with Crippen LogP contribution >= 0.6 is 0 Å². The van der Waals surface area contributed by atoms with E-state index in [9.17, 15) is 9.59 Å². The lowest BCUT2D eigenvalue weighted by Gasteiger charge is -2.30. The summed E-state index contributed by atoms with van der Waals surface area (Å²) < 4.78 is 5.49. The van der Waals surface area contributed by atoms with E-state index in [1.165, 1.54) is 31.5 Å². The Kier molecular flexibility index (Phi) is 7.85. The van der Waals surface area contributed by atoms with Crippen molar-refractivity contribution in [1.82, 2.24) is 10.2 Å². The topological polar surface area (TPSA) is 84.7 Å². The number of primary amides is 1. The van der Waals surface area contributed by atoms with Gasteiger partial charge in [-0.1, -0.05) is 43.3 Å². The molecule has 1 aliphatic rings. The number of rotatable bonds is 9. The summed E-state index contributed by atoms with van der Waals surface area (Å²) in [7, 11) is 0. The Balaban J connectivity index is 1.37. The van der Waals surface area contributed by atoms with E-state index in [1.807, 2.05) is 0 Å². The third-order valence-corrected chi connectivity index (χ3v) is 5.47. The predicted octanol–water partition coefficient (Wildman–Crippen LogP) is 2.64. The van der Waals surface area contributed by atoms with Gasteiger partial charge in [0.2, 0.25) is 5.91 Å². The van der Waals surface area contributed by atoms with Crippen LogP contribution in [0.4, 0.5) is 0 Å². The first kappa shape index (κ1) is 21.8. The minimum Gasteiger partial charge on any atom is -0.484 e. The van der Waals surface area contributed by atoms with Crippen LogP contribution in [0.5, 0.6) is 5.75 Å². The predicted molar refractivity (Wildman–Crippen MR) is 117 cm³/mol. The van der Waals surface area contributed by atoms with E-state index < -0.39 is 0 Å². The van der Waals surface area contributed by atoms with Gasteiger partial charge in [-0.05, 0) is 60.7 Å². The number of hydrogen-bond acceptors (Lipinski definition) is 4. The highest BCUT2D eigenvalue weighted by molar-refractivity contribution is 5.77. The summed E-state index contributed by atoms with van der Waals surface area (Å²) in [6.07, 6.45) is 2.75. The molecule has 30 heavy (non-hydrogen) atoms. The molecule has 2 amide bonds. The van der Waals surface area contributed by atoms with Gasteiger partial charge in [0.25, 0.3) is 5.91 Å². The summed E-state index contributed by atoms with van der Waals surface area (Å²) >= 11 is 0. The normalized spacial score (nSPS) is 15.0. The molecule has 0 aliphatic carbocycles. The number of carbonyl (C=O) groups is 2. The van der Waals surface area contributed by atoms with Crippen LogP contribution in [0, 0.1) is 5.92 Å². The molecule has 3 rings (SSSR count). The van der Waals surface area contributed by atoms with Crippen molar-refractivity contribution in [2.75, 3.05) is 19.7 Å². The van der Waals surface area contributed by atoms with Gasteiger partial charge in [0.15, 0.2) is 6.61 Å². The molecule has 1 saturated heterocycles. The van der Waals surface area contributed by atoms with Gasteiger partial charge >= 0.3 is 0 Å². The van der Waals surface area contributed by atoms with Crippen molar-refractivity contribution in [3.63, 3.8) is 0 Å². The number of amides is 2. The first-order valence-electron chi connectivity index (χ1n) is 10.5. The Hall–Kier alpha value is -2.86. The molecule has 0 aromatic heterocycles. The van der Waals surface area contributed by atoms with Crippen molar-refractivity contribution in [3.8, 4) is 5.75 Å². The van der Waals surface area contributed by atoms with Crippen molar-refractivity contribution in [2.45, 2.75) is 39.3 Å². The summed E-state index contributed by atoms with van der Waals surface area (Å²) in [4.78, 5) is 25.5. The number of nitrogens with zero attached hydrogens (tertiary/aromatic N) is 1. The lowest BCUT2D eigenvalue weighted by molar-refractivity contribution is -0.123. The Morgan fingerprint density at radius 1 is 1.00 bits per heavy atom. The van der Waals surface area contributed by atoms with E-state index in [0.717, 1.165) is 23.6 Å². The van der Waals surface area contributed by atoms with Gasteiger partial charge in [0.1, 0.15) is 5.75 Å². The third kappa shape index (κ3) is 7.19. The van der Waals surface area contributed by atoms with E-state index in [4.69, 9.17) is 10.5 Å². The van der Waals surface area contributed by atoms with Gasteiger partial charge in [-0.15, -0.1) is 0 Å². The molecule has 1 fully saturated rings. The van der Waals surface area contributed by atoms with Gasteiger partial charge in [0.05, 0.1) is 6.42 Å². The molecule has 2 aromatic rings. The van der Waals surface area contributed by atoms with Gasteiger partial charge in [-0.2, -0.15) is 0 Å². The molecule has 0 atom stereocenters. The average Bonchev–Trinajstić information content (AvgIpc) is 2.74. The van der Waals surface area contributed by atoms with Gasteiger partial charge in [0, 0.05) is 13.1 Å². The van der Waals surface area contributed by atoms with Crippen LogP contribution < -0.4 is 15.8 Å². The molecule has 1 aliphatic heterocycles. The Morgan fingerprint density at radius 2 is 1.60 bits per heavy atom. The molecule has 0 saturated carbocycles. The highest BCUT2D eigenvalue weighted by atomic mass is 16.5. The van der Waals surface area contributed by atoms with E-state index >= 15 is 0 Å². The second-order valence-electron chi connectivity index (χ2n) is 8.13. The molecular weight excluding hydrogens is 378 g/mol. The second-order valence-corrected chi connectivity index (χ2v) is 8.13. The van der Waals surface area contributed by atoms with Gasteiger partial charge in [-0.25, -0.2) is 0 Å². The summed E-state index contributed by atoms with van der Waals surface area (Å²) in [6.45, 7) is 6.08. The van der Waals surface area contributed by atoms with E-state index in [-0.39, 0.29) is 24.8 Å². The summed E-state index contributed by atoms with van der Waals surface area (Å²) in [6, 6.07) is 15.4. The summed E-state index contributed by atoms with van der Waals surface area (Å²) in [5, 5.41) is 2.88.